The van der Waals surface area contributed by atoms with Crippen molar-refractivity contribution in [2.24, 2.45) is 13.0 Å². The van der Waals surface area contributed by atoms with Gasteiger partial charge in [0.1, 0.15) is 0 Å². The topological polar surface area (TPSA) is 95.8 Å². The van der Waals surface area contributed by atoms with Crippen molar-refractivity contribution in [3.63, 3.8) is 0 Å². The fourth-order valence-corrected chi connectivity index (χ4v) is 4.99. The number of likely N-dealkylation sites (tertiary alicyclic amines) is 1. The van der Waals surface area contributed by atoms with Crippen LogP contribution in [-0.2, 0) is 33.2 Å². The van der Waals surface area contributed by atoms with Crippen LogP contribution in [0.15, 0.2) is 41.8 Å². The Bertz CT molecular complexity index is 1060. The highest BCUT2D eigenvalue weighted by atomic mass is 32.2. The summed E-state index contributed by atoms with van der Waals surface area (Å²) in [7, 11) is 2.99. The van der Waals surface area contributed by atoms with E-state index in [1.807, 2.05) is 24.3 Å². The zero-order chi connectivity index (χ0) is 22.9. The summed E-state index contributed by atoms with van der Waals surface area (Å²) in [5.74, 6) is -0.434. The van der Waals surface area contributed by atoms with E-state index in [2.05, 4.69) is 4.98 Å². The van der Waals surface area contributed by atoms with Gasteiger partial charge in [-0.05, 0) is 11.1 Å². The third-order valence-electron chi connectivity index (χ3n) is 5.69. The Morgan fingerprint density at radius 2 is 1.77 bits per heavy atom. The number of nitrogens with zero attached hydrogens (tertiary/aromatic N) is 5. The van der Waals surface area contributed by atoms with E-state index in [0.29, 0.717) is 13.1 Å². The Labute approximate surface area is 183 Å². The van der Waals surface area contributed by atoms with E-state index < -0.39 is 10.0 Å². The smallest absolute Gasteiger partial charge is 0.262 e. The van der Waals surface area contributed by atoms with Crippen molar-refractivity contribution < 1.29 is 18.0 Å². The third kappa shape index (κ3) is 4.80. The molecule has 2 heterocycles. The van der Waals surface area contributed by atoms with Gasteiger partial charge in [0.15, 0.2) is 5.03 Å². The van der Waals surface area contributed by atoms with E-state index in [1.54, 1.807) is 35.5 Å². The Kier molecular flexibility index (Phi) is 6.51. The van der Waals surface area contributed by atoms with Gasteiger partial charge in [0.05, 0.1) is 12.2 Å². The highest BCUT2D eigenvalue weighted by molar-refractivity contribution is 7.89. The largest absolute Gasteiger partial charge is 0.349 e. The molecular weight excluding hydrogens is 418 g/mol. The summed E-state index contributed by atoms with van der Waals surface area (Å²) in [6.45, 7) is 2.61. The Morgan fingerprint density at radius 1 is 1.13 bits per heavy atom. The molecule has 0 radical (unpaired) electrons. The summed E-state index contributed by atoms with van der Waals surface area (Å²) < 4.78 is 28.2. The number of carbonyl (C=O) groups is 2. The molecule has 0 spiro atoms. The molecule has 0 N–H and O–H groups in total. The molecule has 2 atom stereocenters. The summed E-state index contributed by atoms with van der Waals surface area (Å²) in [4.78, 5) is 31.8. The fourth-order valence-electron chi connectivity index (χ4n) is 3.87. The van der Waals surface area contributed by atoms with Crippen LogP contribution in [0.25, 0.3) is 0 Å². The van der Waals surface area contributed by atoms with Crippen LogP contribution >= 0.6 is 0 Å². The van der Waals surface area contributed by atoms with Gasteiger partial charge < -0.3 is 14.4 Å². The quantitative estimate of drug-likeness (QED) is 0.655. The molecule has 0 saturated carbocycles. The zero-order valence-corrected chi connectivity index (χ0v) is 19.3. The highest BCUT2D eigenvalue weighted by Crippen LogP contribution is 2.34. The lowest BCUT2D eigenvalue weighted by Crippen LogP contribution is -2.34. The zero-order valence-electron chi connectivity index (χ0n) is 18.5. The van der Waals surface area contributed by atoms with Crippen molar-refractivity contribution in [2.45, 2.75) is 24.4 Å². The average Bonchev–Trinajstić information content (AvgIpc) is 3.35. The first kappa shape index (κ1) is 23.0. The molecule has 1 saturated heterocycles. The normalized spacial score (nSPS) is 19.1. The predicted octanol–water partition coefficient (Wildman–Crippen LogP) is 0.891. The Hall–Kier alpha value is -2.72. The fraction of sp³-hybridized carbons (Fsp3) is 0.476. The maximum Gasteiger partial charge on any atom is 0.262 e. The van der Waals surface area contributed by atoms with Gasteiger partial charge in [-0.25, -0.2) is 13.4 Å². The lowest BCUT2D eigenvalue weighted by Gasteiger charge is -2.22. The Morgan fingerprint density at radius 3 is 2.29 bits per heavy atom. The summed E-state index contributed by atoms with van der Waals surface area (Å²) in [6, 6.07) is 7.57. The molecular formula is C21H29N5O4S. The van der Waals surface area contributed by atoms with Crippen molar-refractivity contribution in [3.05, 3.63) is 47.9 Å². The number of benzene rings is 1. The van der Waals surface area contributed by atoms with Crippen LogP contribution in [0.2, 0.25) is 0 Å². The van der Waals surface area contributed by atoms with Crippen molar-refractivity contribution in [1.82, 2.24) is 23.7 Å². The minimum Gasteiger partial charge on any atom is -0.349 e. The molecule has 9 nitrogen and oxygen atoms in total. The molecule has 3 rings (SSSR count). The van der Waals surface area contributed by atoms with Crippen LogP contribution < -0.4 is 0 Å². The third-order valence-corrected chi connectivity index (χ3v) is 7.38. The number of carbonyl (C=O) groups excluding carboxylic acids is 2. The molecule has 1 aromatic heterocycles. The van der Waals surface area contributed by atoms with Crippen LogP contribution in [0.5, 0.6) is 0 Å². The number of aryl methyl sites for hydroxylation is 1. The lowest BCUT2D eigenvalue weighted by atomic mass is 9.87. The molecule has 1 fully saturated rings. The van der Waals surface area contributed by atoms with Crippen LogP contribution in [-0.4, -0.2) is 78.1 Å². The van der Waals surface area contributed by atoms with E-state index in [1.165, 1.54) is 30.8 Å². The van der Waals surface area contributed by atoms with Gasteiger partial charge in [-0.3, -0.25) is 9.59 Å². The van der Waals surface area contributed by atoms with Gasteiger partial charge in [-0.1, -0.05) is 24.3 Å². The molecule has 0 bridgehead atoms. The van der Waals surface area contributed by atoms with Crippen molar-refractivity contribution in [3.8, 4) is 0 Å². The second-order valence-electron chi connectivity index (χ2n) is 8.25. The van der Waals surface area contributed by atoms with Crippen molar-refractivity contribution in [1.29, 1.82) is 0 Å². The molecule has 0 aliphatic carbocycles. The first-order valence-corrected chi connectivity index (χ1v) is 11.4. The average molecular weight is 448 g/mol. The predicted molar refractivity (Wildman–Crippen MR) is 115 cm³/mol. The van der Waals surface area contributed by atoms with Gasteiger partial charge in [-0.2, -0.15) is 4.31 Å². The van der Waals surface area contributed by atoms with E-state index >= 15 is 0 Å². The lowest BCUT2D eigenvalue weighted by molar-refractivity contribution is -0.133. The molecule has 1 aliphatic heterocycles. The number of hydrogen-bond acceptors (Lipinski definition) is 5. The maximum absolute atomic E-state index is 12.7. The number of hydrogen-bond donors (Lipinski definition) is 0. The highest BCUT2D eigenvalue weighted by Gasteiger charge is 2.40. The molecule has 168 valence electrons. The van der Waals surface area contributed by atoms with Gasteiger partial charge in [0.2, 0.25) is 11.8 Å². The summed E-state index contributed by atoms with van der Waals surface area (Å²) in [5.41, 5.74) is 1.78. The van der Waals surface area contributed by atoms with Gasteiger partial charge in [0, 0.05) is 66.9 Å². The number of rotatable bonds is 6. The SMILES string of the molecule is CC(=O)N1C[C@H](C(=O)N(C)C)[C@@H](c2ccc(CN(C)S(=O)(=O)c3cn(C)cn3)cc2)C1. The second-order valence-corrected chi connectivity index (χ2v) is 10.2. The standard InChI is InChI=1S/C21H29N5O4S/c1-15(27)26-11-18(19(12-26)21(28)23(2)3)17-8-6-16(7-9-17)10-25(5)31(29,30)20-13-24(4)14-22-20/h6-9,13-14,18-19H,10-12H2,1-5H3/t18-,19+/m1/s1. The van der Waals surface area contributed by atoms with E-state index in [4.69, 9.17) is 0 Å². The van der Waals surface area contributed by atoms with Crippen molar-refractivity contribution >= 4 is 21.8 Å². The number of sulfonamides is 1. The van der Waals surface area contributed by atoms with Crippen LogP contribution in [0.4, 0.5) is 0 Å². The van der Waals surface area contributed by atoms with Gasteiger partial charge in [-0.15, -0.1) is 0 Å². The van der Waals surface area contributed by atoms with E-state index in [-0.39, 0.29) is 35.2 Å². The second kappa shape index (κ2) is 8.80. The minimum atomic E-state index is -3.68. The molecule has 0 unspecified atom stereocenters. The molecule has 2 aromatic rings. The van der Waals surface area contributed by atoms with Crippen molar-refractivity contribution in [2.75, 3.05) is 34.2 Å². The van der Waals surface area contributed by atoms with Crippen LogP contribution in [0.3, 0.4) is 0 Å². The van der Waals surface area contributed by atoms with E-state index in [0.717, 1.165) is 11.1 Å². The maximum atomic E-state index is 12.7. The first-order valence-electron chi connectivity index (χ1n) is 10.0. The minimum absolute atomic E-state index is 0.000913. The molecule has 1 aliphatic rings. The molecule has 1 aromatic carbocycles. The van der Waals surface area contributed by atoms with Crippen LogP contribution in [0.1, 0.15) is 24.0 Å². The van der Waals surface area contributed by atoms with Gasteiger partial charge in [0.25, 0.3) is 10.0 Å². The monoisotopic (exact) mass is 447 g/mol. The van der Waals surface area contributed by atoms with E-state index in [9.17, 15) is 18.0 Å². The Balaban J connectivity index is 1.77. The molecule has 10 heteroatoms. The number of imidazole rings is 1. The summed E-state index contributed by atoms with van der Waals surface area (Å²) >= 11 is 0. The molecule has 31 heavy (non-hydrogen) atoms. The number of amides is 2. The number of aromatic nitrogens is 2. The summed E-state index contributed by atoms with van der Waals surface area (Å²) in [6.07, 6.45) is 2.92. The summed E-state index contributed by atoms with van der Waals surface area (Å²) in [5, 5.41) is 0.00874. The van der Waals surface area contributed by atoms with Crippen LogP contribution in [0, 0.1) is 5.92 Å². The first-order chi connectivity index (χ1) is 14.5. The van der Waals surface area contributed by atoms with Gasteiger partial charge >= 0.3 is 0 Å². The molecule has 2 amide bonds.